The van der Waals surface area contributed by atoms with Crippen molar-refractivity contribution >= 4 is 17.5 Å². The third kappa shape index (κ3) is 4.77. The minimum Gasteiger partial charge on any atom is -0.435 e. The van der Waals surface area contributed by atoms with E-state index in [9.17, 15) is 18.4 Å². The van der Waals surface area contributed by atoms with E-state index in [2.05, 4.69) is 15.4 Å². The molecule has 0 spiro atoms. The zero-order valence-corrected chi connectivity index (χ0v) is 12.9. The lowest BCUT2D eigenvalue weighted by Crippen LogP contribution is -2.22. The highest BCUT2D eigenvalue weighted by molar-refractivity contribution is 6.05. The summed E-state index contributed by atoms with van der Waals surface area (Å²) in [7, 11) is 0. The van der Waals surface area contributed by atoms with Crippen molar-refractivity contribution in [3.05, 3.63) is 59.7 Å². The van der Waals surface area contributed by atoms with Crippen molar-refractivity contribution in [2.45, 2.75) is 13.5 Å². The van der Waals surface area contributed by atoms with Crippen molar-refractivity contribution in [2.75, 3.05) is 11.9 Å². The molecule has 0 saturated heterocycles. The summed E-state index contributed by atoms with van der Waals surface area (Å²) in [6.07, 6.45) is 0. The van der Waals surface area contributed by atoms with Gasteiger partial charge in [0.25, 0.3) is 11.8 Å². The first kappa shape index (κ1) is 17.4. The lowest BCUT2D eigenvalue weighted by molar-refractivity contribution is -0.0498. The maximum absolute atomic E-state index is 12.2. The third-order valence-corrected chi connectivity index (χ3v) is 3.04. The van der Waals surface area contributed by atoms with E-state index >= 15 is 0 Å². The number of benzene rings is 2. The van der Waals surface area contributed by atoms with Crippen molar-refractivity contribution in [2.24, 2.45) is 0 Å². The van der Waals surface area contributed by atoms with Crippen LogP contribution in [0.4, 0.5) is 14.5 Å². The Balaban J connectivity index is 2.12. The van der Waals surface area contributed by atoms with Crippen molar-refractivity contribution in [1.82, 2.24) is 5.32 Å². The monoisotopic (exact) mass is 334 g/mol. The Hall–Kier alpha value is -2.96. The largest absolute Gasteiger partial charge is 0.435 e. The Morgan fingerprint density at radius 2 is 1.71 bits per heavy atom. The number of halogens is 2. The highest BCUT2D eigenvalue weighted by atomic mass is 19.3. The smallest absolute Gasteiger partial charge is 0.387 e. The number of amides is 2. The molecule has 0 unspecified atom stereocenters. The van der Waals surface area contributed by atoms with Gasteiger partial charge in [-0.05, 0) is 43.3 Å². The molecule has 2 aromatic carbocycles. The molecule has 0 bridgehead atoms. The van der Waals surface area contributed by atoms with Crippen LogP contribution in [0, 0.1) is 0 Å². The molecule has 2 rings (SSSR count). The number of ether oxygens (including phenoxy) is 1. The second-order valence-corrected chi connectivity index (χ2v) is 4.80. The molecule has 0 radical (unpaired) electrons. The van der Waals surface area contributed by atoms with Crippen molar-refractivity contribution in [3.8, 4) is 5.75 Å². The van der Waals surface area contributed by atoms with Crippen LogP contribution in [0.15, 0.2) is 48.5 Å². The van der Waals surface area contributed by atoms with Gasteiger partial charge in [0, 0.05) is 23.4 Å². The normalized spacial score (nSPS) is 10.3. The molecule has 24 heavy (non-hydrogen) atoms. The van der Waals surface area contributed by atoms with Gasteiger partial charge in [-0.15, -0.1) is 0 Å². The second kappa shape index (κ2) is 8.05. The summed E-state index contributed by atoms with van der Waals surface area (Å²) in [4.78, 5) is 24.0. The predicted molar refractivity (Wildman–Crippen MR) is 85.5 cm³/mol. The summed E-state index contributed by atoms with van der Waals surface area (Å²) in [5, 5.41) is 5.27. The fourth-order valence-corrected chi connectivity index (χ4v) is 2.02. The first-order valence-corrected chi connectivity index (χ1v) is 7.24. The summed E-state index contributed by atoms with van der Waals surface area (Å²) in [6.45, 7) is -0.665. The molecule has 126 valence electrons. The number of hydrogen-bond donors (Lipinski definition) is 2. The fraction of sp³-hybridized carbons (Fsp3) is 0.176. The Morgan fingerprint density at radius 3 is 2.38 bits per heavy atom. The van der Waals surface area contributed by atoms with E-state index in [0.717, 1.165) is 0 Å². The lowest BCUT2D eigenvalue weighted by atomic mass is 10.1. The van der Waals surface area contributed by atoms with E-state index in [-0.39, 0.29) is 17.2 Å². The van der Waals surface area contributed by atoms with Crippen LogP contribution >= 0.6 is 0 Å². The Labute approximate surface area is 137 Å². The Kier molecular flexibility index (Phi) is 5.83. The van der Waals surface area contributed by atoms with Crippen molar-refractivity contribution in [1.29, 1.82) is 0 Å². The van der Waals surface area contributed by atoms with E-state index in [1.807, 2.05) is 0 Å². The van der Waals surface area contributed by atoms with Crippen LogP contribution in [-0.2, 0) is 0 Å². The van der Waals surface area contributed by atoms with Gasteiger partial charge in [-0.25, -0.2) is 0 Å². The van der Waals surface area contributed by atoms with Gasteiger partial charge in [0.05, 0.1) is 0 Å². The lowest BCUT2D eigenvalue weighted by Gasteiger charge is -2.09. The highest BCUT2D eigenvalue weighted by Crippen LogP contribution is 2.18. The topological polar surface area (TPSA) is 67.4 Å². The van der Waals surface area contributed by atoms with E-state index in [0.29, 0.717) is 17.8 Å². The standard InChI is InChI=1S/C17H16F2N2O3/c1-2-20-15(22)11-5-3-7-13(9-11)21-16(23)12-6-4-8-14(10-12)24-17(18)19/h3-10,17H,2H2,1H3,(H,20,22)(H,21,23). The van der Waals surface area contributed by atoms with Gasteiger partial charge in [-0.3, -0.25) is 9.59 Å². The number of anilines is 1. The average Bonchev–Trinajstić information content (AvgIpc) is 2.55. The fourth-order valence-electron chi connectivity index (χ4n) is 2.02. The molecular weight excluding hydrogens is 318 g/mol. The molecule has 0 aliphatic carbocycles. The van der Waals surface area contributed by atoms with Crippen LogP contribution in [0.1, 0.15) is 27.6 Å². The van der Waals surface area contributed by atoms with Gasteiger partial charge < -0.3 is 15.4 Å². The molecular formula is C17H16F2N2O3. The zero-order valence-electron chi connectivity index (χ0n) is 12.9. The maximum Gasteiger partial charge on any atom is 0.387 e. The zero-order chi connectivity index (χ0) is 17.5. The third-order valence-electron chi connectivity index (χ3n) is 3.04. The molecule has 0 heterocycles. The van der Waals surface area contributed by atoms with Gasteiger partial charge in [0.1, 0.15) is 5.75 Å². The average molecular weight is 334 g/mol. The highest BCUT2D eigenvalue weighted by Gasteiger charge is 2.11. The Bertz CT molecular complexity index is 735. The second-order valence-electron chi connectivity index (χ2n) is 4.80. The minimum atomic E-state index is -2.96. The minimum absolute atomic E-state index is 0.103. The van der Waals surface area contributed by atoms with Gasteiger partial charge in [-0.2, -0.15) is 8.78 Å². The first-order valence-electron chi connectivity index (χ1n) is 7.24. The molecule has 2 N–H and O–H groups in total. The number of hydrogen-bond acceptors (Lipinski definition) is 3. The summed E-state index contributed by atoms with van der Waals surface area (Å²) >= 11 is 0. The van der Waals surface area contributed by atoms with E-state index in [1.165, 1.54) is 30.3 Å². The van der Waals surface area contributed by atoms with Crippen LogP contribution in [0.5, 0.6) is 5.75 Å². The van der Waals surface area contributed by atoms with E-state index < -0.39 is 12.5 Å². The van der Waals surface area contributed by atoms with E-state index in [4.69, 9.17) is 0 Å². The van der Waals surface area contributed by atoms with Gasteiger partial charge in [0.2, 0.25) is 0 Å². The molecule has 2 amide bonds. The predicted octanol–water partition coefficient (Wildman–Crippen LogP) is 3.29. The summed E-state index contributed by atoms with van der Waals surface area (Å²) in [6, 6.07) is 11.9. The van der Waals surface area contributed by atoms with Crippen molar-refractivity contribution in [3.63, 3.8) is 0 Å². The van der Waals surface area contributed by atoms with Crippen LogP contribution in [0.3, 0.4) is 0 Å². The number of carbonyl (C=O) groups is 2. The molecule has 2 aromatic rings. The molecule has 0 aromatic heterocycles. The Morgan fingerprint density at radius 1 is 1.04 bits per heavy atom. The molecule has 0 aliphatic heterocycles. The van der Waals surface area contributed by atoms with Crippen LogP contribution < -0.4 is 15.4 Å². The van der Waals surface area contributed by atoms with Crippen LogP contribution in [0.2, 0.25) is 0 Å². The summed E-state index contributed by atoms with van der Waals surface area (Å²) in [5.74, 6) is -0.850. The number of rotatable bonds is 6. The molecule has 7 heteroatoms. The molecule has 0 fully saturated rings. The maximum atomic E-state index is 12.2. The molecule has 5 nitrogen and oxygen atoms in total. The van der Waals surface area contributed by atoms with E-state index in [1.54, 1.807) is 25.1 Å². The van der Waals surface area contributed by atoms with Gasteiger partial charge in [-0.1, -0.05) is 12.1 Å². The number of nitrogens with one attached hydrogen (secondary N) is 2. The quantitative estimate of drug-likeness (QED) is 0.852. The number of carbonyl (C=O) groups excluding carboxylic acids is 2. The van der Waals surface area contributed by atoms with Crippen LogP contribution in [0.25, 0.3) is 0 Å². The summed E-state index contributed by atoms with van der Waals surface area (Å²) in [5.41, 5.74) is 0.991. The summed E-state index contributed by atoms with van der Waals surface area (Å²) < 4.78 is 28.7. The van der Waals surface area contributed by atoms with Crippen molar-refractivity contribution < 1.29 is 23.1 Å². The molecule has 0 saturated carbocycles. The molecule has 0 atom stereocenters. The molecule has 0 aliphatic rings. The van der Waals surface area contributed by atoms with Gasteiger partial charge >= 0.3 is 6.61 Å². The first-order chi connectivity index (χ1) is 11.5. The van der Waals surface area contributed by atoms with Gasteiger partial charge in [0.15, 0.2) is 0 Å². The SMILES string of the molecule is CCNC(=O)c1cccc(NC(=O)c2cccc(OC(F)F)c2)c1. The van der Waals surface area contributed by atoms with Crippen LogP contribution in [-0.4, -0.2) is 25.0 Å². The number of alkyl halides is 2.